The van der Waals surface area contributed by atoms with Crippen molar-refractivity contribution < 1.29 is 9.84 Å². The highest BCUT2D eigenvalue weighted by Crippen LogP contribution is 2.32. The van der Waals surface area contributed by atoms with Crippen molar-refractivity contribution >= 4 is 11.6 Å². The molecular formula is C11H15ClO2. The van der Waals surface area contributed by atoms with Gasteiger partial charge in [0.2, 0.25) is 0 Å². The van der Waals surface area contributed by atoms with Gasteiger partial charge in [0.15, 0.2) is 0 Å². The van der Waals surface area contributed by atoms with Gasteiger partial charge in [0.1, 0.15) is 5.75 Å². The molecule has 1 aromatic rings. The molecule has 0 saturated carbocycles. The van der Waals surface area contributed by atoms with Gasteiger partial charge in [-0.2, -0.15) is 0 Å². The van der Waals surface area contributed by atoms with Gasteiger partial charge < -0.3 is 9.84 Å². The third-order valence-corrected chi connectivity index (χ3v) is 2.41. The summed E-state index contributed by atoms with van der Waals surface area (Å²) in [6.45, 7) is 3.73. The molecule has 78 valence electrons. The van der Waals surface area contributed by atoms with E-state index in [0.717, 1.165) is 23.3 Å². The van der Waals surface area contributed by atoms with Gasteiger partial charge in [-0.25, -0.2) is 0 Å². The Bertz CT molecular complexity index is 321. The van der Waals surface area contributed by atoms with Crippen LogP contribution in [0, 0.1) is 0 Å². The largest absolute Gasteiger partial charge is 0.496 e. The predicted molar refractivity (Wildman–Crippen MR) is 58.0 cm³/mol. The van der Waals surface area contributed by atoms with Crippen LogP contribution in [0.4, 0.5) is 0 Å². The Morgan fingerprint density at radius 1 is 1.50 bits per heavy atom. The van der Waals surface area contributed by atoms with Gasteiger partial charge in [0.25, 0.3) is 0 Å². The molecule has 3 heteroatoms. The van der Waals surface area contributed by atoms with E-state index in [2.05, 4.69) is 0 Å². The summed E-state index contributed by atoms with van der Waals surface area (Å²) < 4.78 is 5.27. The van der Waals surface area contributed by atoms with Crippen molar-refractivity contribution in [2.24, 2.45) is 0 Å². The van der Waals surface area contributed by atoms with Crippen molar-refractivity contribution in [1.82, 2.24) is 0 Å². The number of hydrogen-bond donors (Lipinski definition) is 1. The molecule has 1 aromatic carbocycles. The van der Waals surface area contributed by atoms with Crippen molar-refractivity contribution in [1.29, 1.82) is 0 Å². The SMILES string of the molecule is CCc1cc(Cl)cc(C(C)O)c1OC. The molecule has 0 spiro atoms. The van der Waals surface area contributed by atoms with E-state index in [1.165, 1.54) is 0 Å². The molecule has 0 radical (unpaired) electrons. The first-order chi connectivity index (χ1) is 6.60. The lowest BCUT2D eigenvalue weighted by Gasteiger charge is -2.15. The van der Waals surface area contributed by atoms with E-state index in [-0.39, 0.29) is 0 Å². The van der Waals surface area contributed by atoms with Gasteiger partial charge in [-0.1, -0.05) is 18.5 Å². The quantitative estimate of drug-likeness (QED) is 0.839. The normalized spacial score (nSPS) is 12.6. The van der Waals surface area contributed by atoms with Crippen molar-refractivity contribution in [2.75, 3.05) is 7.11 Å². The van der Waals surface area contributed by atoms with Gasteiger partial charge in [-0.05, 0) is 31.0 Å². The molecule has 0 heterocycles. The highest BCUT2D eigenvalue weighted by Gasteiger charge is 2.13. The Balaban J connectivity index is 3.31. The zero-order valence-electron chi connectivity index (χ0n) is 8.67. The molecule has 0 amide bonds. The van der Waals surface area contributed by atoms with Crippen molar-refractivity contribution in [3.05, 3.63) is 28.3 Å². The molecular weight excluding hydrogens is 200 g/mol. The average molecular weight is 215 g/mol. The minimum Gasteiger partial charge on any atom is -0.496 e. The first-order valence-electron chi connectivity index (χ1n) is 4.64. The number of ether oxygens (including phenoxy) is 1. The molecule has 0 bridgehead atoms. The summed E-state index contributed by atoms with van der Waals surface area (Å²) >= 11 is 5.94. The van der Waals surface area contributed by atoms with Crippen LogP contribution in [0.25, 0.3) is 0 Å². The van der Waals surface area contributed by atoms with Gasteiger partial charge in [0, 0.05) is 10.6 Å². The van der Waals surface area contributed by atoms with Crippen LogP contribution in [0.5, 0.6) is 5.75 Å². The molecule has 0 fully saturated rings. The van der Waals surface area contributed by atoms with Crippen LogP contribution < -0.4 is 4.74 Å². The maximum Gasteiger partial charge on any atom is 0.127 e. The van der Waals surface area contributed by atoms with E-state index in [9.17, 15) is 5.11 Å². The number of aryl methyl sites for hydroxylation is 1. The van der Waals surface area contributed by atoms with E-state index in [1.807, 2.05) is 13.0 Å². The Morgan fingerprint density at radius 2 is 2.14 bits per heavy atom. The van der Waals surface area contributed by atoms with E-state index in [4.69, 9.17) is 16.3 Å². The van der Waals surface area contributed by atoms with E-state index in [1.54, 1.807) is 20.1 Å². The minimum atomic E-state index is -0.561. The molecule has 1 rings (SSSR count). The van der Waals surface area contributed by atoms with Crippen LogP contribution >= 0.6 is 11.6 Å². The summed E-state index contributed by atoms with van der Waals surface area (Å²) in [6, 6.07) is 3.61. The molecule has 0 aliphatic heterocycles. The number of hydrogen-bond acceptors (Lipinski definition) is 2. The van der Waals surface area contributed by atoms with E-state index < -0.39 is 6.10 Å². The summed E-state index contributed by atoms with van der Waals surface area (Å²) in [7, 11) is 1.61. The summed E-state index contributed by atoms with van der Waals surface area (Å²) in [5, 5.41) is 10.2. The van der Waals surface area contributed by atoms with Crippen molar-refractivity contribution in [3.8, 4) is 5.75 Å². The topological polar surface area (TPSA) is 29.5 Å². The van der Waals surface area contributed by atoms with Crippen LogP contribution in [-0.4, -0.2) is 12.2 Å². The Labute approximate surface area is 89.5 Å². The summed E-state index contributed by atoms with van der Waals surface area (Å²) in [6.07, 6.45) is 0.276. The highest BCUT2D eigenvalue weighted by molar-refractivity contribution is 6.30. The standard InChI is InChI=1S/C11H15ClO2/c1-4-8-5-9(12)6-10(7(2)13)11(8)14-3/h5-7,13H,4H2,1-3H3. The number of methoxy groups -OCH3 is 1. The number of benzene rings is 1. The van der Waals surface area contributed by atoms with Gasteiger partial charge in [-0.3, -0.25) is 0 Å². The lowest BCUT2D eigenvalue weighted by Crippen LogP contribution is -2.00. The fourth-order valence-corrected chi connectivity index (χ4v) is 1.74. The van der Waals surface area contributed by atoms with Crippen LogP contribution in [0.1, 0.15) is 31.1 Å². The second-order valence-electron chi connectivity index (χ2n) is 3.22. The predicted octanol–water partition coefficient (Wildman–Crippen LogP) is 2.96. The average Bonchev–Trinajstić information content (AvgIpc) is 2.16. The van der Waals surface area contributed by atoms with Crippen molar-refractivity contribution in [3.63, 3.8) is 0 Å². The van der Waals surface area contributed by atoms with Gasteiger partial charge in [-0.15, -0.1) is 0 Å². The Hall–Kier alpha value is -0.730. The first kappa shape index (κ1) is 11.3. The van der Waals surface area contributed by atoms with Gasteiger partial charge in [0.05, 0.1) is 13.2 Å². The van der Waals surface area contributed by atoms with Crippen LogP contribution in [0.3, 0.4) is 0 Å². The molecule has 14 heavy (non-hydrogen) atoms. The third-order valence-electron chi connectivity index (χ3n) is 2.19. The maximum atomic E-state index is 9.54. The fourth-order valence-electron chi connectivity index (χ4n) is 1.50. The van der Waals surface area contributed by atoms with Crippen LogP contribution in [-0.2, 0) is 6.42 Å². The maximum absolute atomic E-state index is 9.54. The van der Waals surface area contributed by atoms with E-state index in [0.29, 0.717) is 5.02 Å². The van der Waals surface area contributed by atoms with E-state index >= 15 is 0 Å². The summed E-state index contributed by atoms with van der Waals surface area (Å²) in [4.78, 5) is 0. The third kappa shape index (κ3) is 2.20. The monoisotopic (exact) mass is 214 g/mol. The molecule has 0 aliphatic rings. The highest BCUT2D eigenvalue weighted by atomic mass is 35.5. The molecule has 0 saturated heterocycles. The Morgan fingerprint density at radius 3 is 2.57 bits per heavy atom. The molecule has 0 aromatic heterocycles. The number of rotatable bonds is 3. The smallest absolute Gasteiger partial charge is 0.127 e. The fraction of sp³-hybridized carbons (Fsp3) is 0.455. The number of aliphatic hydroxyl groups excluding tert-OH is 1. The summed E-state index contributed by atoms with van der Waals surface area (Å²) in [5.41, 5.74) is 1.77. The summed E-state index contributed by atoms with van der Waals surface area (Å²) in [5.74, 6) is 0.743. The van der Waals surface area contributed by atoms with Crippen LogP contribution in [0.2, 0.25) is 5.02 Å². The molecule has 2 nitrogen and oxygen atoms in total. The van der Waals surface area contributed by atoms with Gasteiger partial charge >= 0.3 is 0 Å². The molecule has 1 unspecified atom stereocenters. The van der Waals surface area contributed by atoms with Crippen LogP contribution in [0.15, 0.2) is 12.1 Å². The number of aliphatic hydroxyl groups is 1. The number of halogens is 1. The second-order valence-corrected chi connectivity index (χ2v) is 3.65. The lowest BCUT2D eigenvalue weighted by molar-refractivity contribution is 0.194. The first-order valence-corrected chi connectivity index (χ1v) is 5.02. The molecule has 1 N–H and O–H groups in total. The molecule has 0 aliphatic carbocycles. The zero-order chi connectivity index (χ0) is 10.7. The minimum absolute atomic E-state index is 0.561. The molecule has 1 atom stereocenters. The lowest BCUT2D eigenvalue weighted by atomic mass is 10.0. The zero-order valence-corrected chi connectivity index (χ0v) is 9.43. The Kier molecular flexibility index (Phi) is 3.78. The second kappa shape index (κ2) is 4.67. The van der Waals surface area contributed by atoms with Crippen molar-refractivity contribution in [2.45, 2.75) is 26.4 Å².